The number of carbonyl (C=O) groups is 1. The Hall–Kier alpha value is -1.38. The van der Waals surface area contributed by atoms with Gasteiger partial charge in [-0.25, -0.2) is 0 Å². The van der Waals surface area contributed by atoms with E-state index in [1.54, 1.807) is 0 Å². The zero-order valence-electron chi connectivity index (χ0n) is 18.1. The minimum Gasteiger partial charge on any atom is -0.340 e. The fourth-order valence-electron chi connectivity index (χ4n) is 5.51. The molecule has 0 spiro atoms. The molecule has 0 aromatic carbocycles. The van der Waals surface area contributed by atoms with E-state index in [2.05, 4.69) is 48.0 Å². The van der Waals surface area contributed by atoms with Crippen LogP contribution in [0.15, 0.2) is 11.6 Å². The quantitative estimate of drug-likeness (QED) is 0.737. The highest BCUT2D eigenvalue weighted by Crippen LogP contribution is 2.40. The van der Waals surface area contributed by atoms with Crippen LogP contribution in [0.3, 0.4) is 0 Å². The van der Waals surface area contributed by atoms with Gasteiger partial charge in [0.05, 0.1) is 12.6 Å². The molecule has 0 aromatic rings. The molecule has 0 saturated carbocycles. The minimum atomic E-state index is 0.325. The summed E-state index contributed by atoms with van der Waals surface area (Å²) in [6.07, 6.45) is 9.20. The van der Waals surface area contributed by atoms with E-state index in [1.807, 2.05) is 0 Å². The van der Waals surface area contributed by atoms with Gasteiger partial charge in [0, 0.05) is 45.4 Å². The van der Waals surface area contributed by atoms with Crippen molar-refractivity contribution >= 4 is 5.91 Å². The maximum atomic E-state index is 13.0. The van der Waals surface area contributed by atoms with Crippen LogP contribution in [-0.4, -0.2) is 54.6 Å². The fraction of sp³-hybridized carbons (Fsp3) is 0.826. The zero-order valence-corrected chi connectivity index (χ0v) is 18.1. The predicted molar refractivity (Wildman–Crippen MR) is 111 cm³/mol. The molecule has 156 valence electrons. The number of quaternary nitrogens is 1. The molecule has 1 aliphatic carbocycles. The third-order valence-electron chi connectivity index (χ3n) is 7.36. The van der Waals surface area contributed by atoms with Crippen molar-refractivity contribution in [3.63, 3.8) is 0 Å². The Morgan fingerprint density at radius 1 is 1.29 bits per heavy atom. The van der Waals surface area contributed by atoms with E-state index in [-0.39, 0.29) is 0 Å². The lowest BCUT2D eigenvalue weighted by Crippen LogP contribution is -2.95. The van der Waals surface area contributed by atoms with Crippen LogP contribution in [0.5, 0.6) is 0 Å². The second-order valence-corrected chi connectivity index (χ2v) is 9.49. The van der Waals surface area contributed by atoms with Gasteiger partial charge in [0.1, 0.15) is 6.17 Å². The Morgan fingerprint density at radius 3 is 2.64 bits per heavy atom. The van der Waals surface area contributed by atoms with Crippen LogP contribution in [-0.2, 0) is 4.79 Å². The molecular formula is C23H39N4O+. The van der Waals surface area contributed by atoms with Gasteiger partial charge in [-0.05, 0) is 49.9 Å². The van der Waals surface area contributed by atoms with Gasteiger partial charge >= 0.3 is 0 Å². The van der Waals surface area contributed by atoms with Gasteiger partial charge in [-0.2, -0.15) is 5.26 Å². The van der Waals surface area contributed by atoms with Crippen molar-refractivity contribution in [2.24, 2.45) is 23.7 Å². The number of hydrogen-bond donors (Lipinski definition) is 1. The van der Waals surface area contributed by atoms with Crippen molar-refractivity contribution in [3.05, 3.63) is 11.6 Å². The van der Waals surface area contributed by atoms with Gasteiger partial charge in [-0.15, -0.1) is 0 Å². The second-order valence-electron chi connectivity index (χ2n) is 9.49. The smallest absolute Gasteiger partial charge is 0.223 e. The topological polar surface area (TPSA) is 64.0 Å². The number of piperazine rings is 1. The number of nitrogens with two attached hydrogens (primary N) is 1. The lowest BCUT2D eigenvalue weighted by atomic mass is 9.69. The van der Waals surface area contributed by atoms with E-state index in [0.29, 0.717) is 48.6 Å². The highest BCUT2D eigenvalue weighted by molar-refractivity contribution is 5.77. The van der Waals surface area contributed by atoms with Crippen LogP contribution in [0.25, 0.3) is 0 Å². The van der Waals surface area contributed by atoms with Crippen LogP contribution in [0.1, 0.15) is 59.3 Å². The van der Waals surface area contributed by atoms with Crippen LogP contribution in [0.4, 0.5) is 0 Å². The Bertz CT molecular complexity index is 594. The summed E-state index contributed by atoms with van der Waals surface area (Å²) < 4.78 is 0. The lowest BCUT2D eigenvalue weighted by Gasteiger charge is -2.40. The van der Waals surface area contributed by atoms with Crippen molar-refractivity contribution in [2.45, 2.75) is 65.5 Å². The van der Waals surface area contributed by atoms with Gasteiger partial charge in [0.25, 0.3) is 0 Å². The largest absolute Gasteiger partial charge is 0.340 e. The molecule has 3 aliphatic rings. The number of nitrogens with zero attached hydrogens (tertiary/aromatic N) is 3. The Kier molecular flexibility index (Phi) is 7.54. The molecule has 5 heteroatoms. The van der Waals surface area contributed by atoms with Crippen LogP contribution in [0.2, 0.25) is 0 Å². The third kappa shape index (κ3) is 5.15. The summed E-state index contributed by atoms with van der Waals surface area (Å²) in [6, 6.07) is 2.35. The van der Waals surface area contributed by atoms with E-state index in [4.69, 9.17) is 5.26 Å². The molecule has 4 atom stereocenters. The number of piperidine rings is 1. The summed E-state index contributed by atoms with van der Waals surface area (Å²) in [5, 5.41) is 11.6. The van der Waals surface area contributed by atoms with E-state index >= 15 is 0 Å². The summed E-state index contributed by atoms with van der Waals surface area (Å²) in [4.78, 5) is 17.7. The first-order chi connectivity index (χ1) is 13.5. The monoisotopic (exact) mass is 387 g/mol. The standard InChI is InChI=1S/C23H38N4O/c1-17(2)21-15-20(18(3)14-19(21)7-8-24)16-23(28)27-12-10-26(11-13-27)22-6-4-5-9-25-22/h14,17,19-22,25H,4-7,9-13,15-16H2,1-3H3/p+1/t19-,20+,21+,22?/m1/s1. The average Bonchev–Trinajstić information content (AvgIpc) is 2.70. The van der Waals surface area contributed by atoms with Gasteiger partial charge < -0.3 is 10.2 Å². The molecule has 2 N–H and O–H groups in total. The zero-order chi connectivity index (χ0) is 20.1. The molecule has 1 amide bonds. The highest BCUT2D eigenvalue weighted by atomic mass is 16.2. The first-order valence-corrected chi connectivity index (χ1v) is 11.4. The molecule has 2 aliphatic heterocycles. The summed E-state index contributed by atoms with van der Waals surface area (Å²) in [6.45, 7) is 11.7. The van der Waals surface area contributed by atoms with Crippen molar-refractivity contribution in [2.75, 3.05) is 32.7 Å². The third-order valence-corrected chi connectivity index (χ3v) is 7.36. The maximum Gasteiger partial charge on any atom is 0.223 e. The van der Waals surface area contributed by atoms with Crippen LogP contribution in [0, 0.1) is 35.0 Å². The van der Waals surface area contributed by atoms with Crippen molar-refractivity contribution in [3.8, 4) is 6.07 Å². The molecule has 2 saturated heterocycles. The molecule has 2 heterocycles. The fourth-order valence-corrected chi connectivity index (χ4v) is 5.51. The molecule has 3 rings (SSSR count). The number of amides is 1. The summed E-state index contributed by atoms with van der Waals surface area (Å²) >= 11 is 0. The van der Waals surface area contributed by atoms with Crippen LogP contribution >= 0.6 is 0 Å². The molecule has 0 bridgehead atoms. The van der Waals surface area contributed by atoms with Crippen LogP contribution < -0.4 is 5.32 Å². The minimum absolute atomic E-state index is 0.325. The van der Waals surface area contributed by atoms with Gasteiger partial charge in [0.15, 0.2) is 0 Å². The van der Waals surface area contributed by atoms with Gasteiger partial charge in [-0.3, -0.25) is 9.69 Å². The molecule has 0 aromatic heterocycles. The van der Waals surface area contributed by atoms with E-state index < -0.39 is 0 Å². The number of nitriles is 1. The number of carbonyl (C=O) groups excluding carboxylic acids is 1. The number of allylic oxidation sites excluding steroid dienone is 2. The van der Waals surface area contributed by atoms with Gasteiger partial charge in [-0.1, -0.05) is 25.5 Å². The molecule has 0 radical (unpaired) electrons. The summed E-state index contributed by atoms with van der Waals surface area (Å²) in [5.41, 5.74) is 1.32. The van der Waals surface area contributed by atoms with Crippen molar-refractivity contribution in [1.82, 2.24) is 9.80 Å². The second kappa shape index (κ2) is 9.89. The van der Waals surface area contributed by atoms with E-state index in [1.165, 1.54) is 31.4 Å². The first kappa shape index (κ1) is 21.3. The Morgan fingerprint density at radius 2 is 2.04 bits per heavy atom. The highest BCUT2D eigenvalue weighted by Gasteiger charge is 2.34. The molecular weight excluding hydrogens is 348 g/mol. The average molecular weight is 388 g/mol. The Labute approximate surface area is 171 Å². The summed E-state index contributed by atoms with van der Waals surface area (Å²) in [5.74, 6) is 2.09. The number of hydrogen-bond acceptors (Lipinski definition) is 3. The SMILES string of the molecule is CC1=C[C@@H](CC#N)[C@H](C(C)C)C[C@H]1CC(=O)N1CCN(C2CCCC[NH2+]2)CC1. The van der Waals surface area contributed by atoms with Crippen molar-refractivity contribution < 1.29 is 10.1 Å². The lowest BCUT2D eigenvalue weighted by molar-refractivity contribution is -0.717. The molecule has 5 nitrogen and oxygen atoms in total. The summed E-state index contributed by atoms with van der Waals surface area (Å²) in [7, 11) is 0. The maximum absolute atomic E-state index is 13.0. The Balaban J connectivity index is 1.53. The number of rotatable bonds is 5. The molecule has 28 heavy (non-hydrogen) atoms. The molecule has 2 fully saturated rings. The first-order valence-electron chi connectivity index (χ1n) is 11.4. The van der Waals surface area contributed by atoms with Gasteiger partial charge in [0.2, 0.25) is 5.91 Å². The molecule has 1 unspecified atom stereocenters. The normalized spacial score (nSPS) is 32.1. The van der Waals surface area contributed by atoms with E-state index in [0.717, 1.165) is 32.6 Å². The predicted octanol–water partition coefficient (Wildman–Crippen LogP) is 2.36. The van der Waals surface area contributed by atoms with E-state index in [9.17, 15) is 4.79 Å². The van der Waals surface area contributed by atoms with Crippen molar-refractivity contribution in [1.29, 1.82) is 5.26 Å².